The van der Waals surface area contributed by atoms with Crippen LogP contribution < -0.4 is 10.6 Å². The van der Waals surface area contributed by atoms with E-state index in [1.807, 2.05) is 19.9 Å². The van der Waals surface area contributed by atoms with Gasteiger partial charge in [-0.3, -0.25) is 14.7 Å². The lowest BCUT2D eigenvalue weighted by Gasteiger charge is -2.15. The summed E-state index contributed by atoms with van der Waals surface area (Å²) >= 11 is 0. The molecule has 6 nitrogen and oxygen atoms in total. The van der Waals surface area contributed by atoms with E-state index in [9.17, 15) is 9.59 Å². The number of fused-ring (bicyclic) bond motifs is 1. The molecular formula is C16H18N4O2. The lowest BCUT2D eigenvalue weighted by atomic mass is 10.0. The molecule has 0 saturated heterocycles. The minimum atomic E-state index is -0.0497. The third-order valence-corrected chi connectivity index (χ3v) is 3.62. The third kappa shape index (κ3) is 2.86. The SMILES string of the molecule is Cc1cc(CC(=O)c2cccc3c2NC(C)CC(=O)N3)n[nH]1. The quantitative estimate of drug-likeness (QED) is 0.759. The molecule has 114 valence electrons. The molecule has 6 heteroatoms. The van der Waals surface area contributed by atoms with Gasteiger partial charge in [0.1, 0.15) is 0 Å². The number of aryl methyl sites for hydroxylation is 1. The van der Waals surface area contributed by atoms with E-state index in [4.69, 9.17) is 0 Å². The van der Waals surface area contributed by atoms with Gasteiger partial charge in [0.05, 0.1) is 23.5 Å². The zero-order valence-electron chi connectivity index (χ0n) is 12.6. The predicted octanol–water partition coefficient (Wildman–Crippen LogP) is 2.29. The molecular weight excluding hydrogens is 280 g/mol. The number of rotatable bonds is 3. The molecule has 0 aliphatic carbocycles. The van der Waals surface area contributed by atoms with Gasteiger partial charge in [-0.25, -0.2) is 0 Å². The monoisotopic (exact) mass is 298 g/mol. The average molecular weight is 298 g/mol. The van der Waals surface area contributed by atoms with Gasteiger partial charge in [0.15, 0.2) is 5.78 Å². The lowest BCUT2D eigenvalue weighted by molar-refractivity contribution is -0.116. The van der Waals surface area contributed by atoms with Crippen LogP contribution in [0.5, 0.6) is 0 Å². The number of carbonyl (C=O) groups excluding carboxylic acids is 2. The maximum Gasteiger partial charge on any atom is 0.226 e. The van der Waals surface area contributed by atoms with E-state index < -0.39 is 0 Å². The number of nitrogens with one attached hydrogen (secondary N) is 3. The van der Waals surface area contributed by atoms with Gasteiger partial charge in [0.2, 0.25) is 5.91 Å². The molecule has 0 spiro atoms. The van der Waals surface area contributed by atoms with Crippen molar-refractivity contribution in [2.24, 2.45) is 0 Å². The van der Waals surface area contributed by atoms with Crippen LogP contribution in [0.3, 0.4) is 0 Å². The van der Waals surface area contributed by atoms with Crippen molar-refractivity contribution in [2.75, 3.05) is 10.6 Å². The summed E-state index contributed by atoms with van der Waals surface area (Å²) in [5.41, 5.74) is 3.56. The van der Waals surface area contributed by atoms with Crippen molar-refractivity contribution >= 4 is 23.1 Å². The zero-order chi connectivity index (χ0) is 15.7. The first-order valence-corrected chi connectivity index (χ1v) is 7.26. The number of para-hydroxylation sites is 1. The minimum absolute atomic E-state index is 0.0252. The highest BCUT2D eigenvalue weighted by Gasteiger charge is 2.22. The molecule has 0 bridgehead atoms. The van der Waals surface area contributed by atoms with E-state index >= 15 is 0 Å². The second kappa shape index (κ2) is 5.63. The molecule has 1 aliphatic heterocycles. The number of benzene rings is 1. The van der Waals surface area contributed by atoms with E-state index in [0.717, 1.165) is 5.69 Å². The van der Waals surface area contributed by atoms with Crippen LogP contribution >= 0.6 is 0 Å². The Labute approximate surface area is 128 Å². The van der Waals surface area contributed by atoms with Gasteiger partial charge in [-0.15, -0.1) is 0 Å². The van der Waals surface area contributed by atoms with Crippen LogP contribution in [-0.4, -0.2) is 27.9 Å². The molecule has 22 heavy (non-hydrogen) atoms. The van der Waals surface area contributed by atoms with Crippen molar-refractivity contribution < 1.29 is 9.59 Å². The first-order chi connectivity index (χ1) is 10.5. The van der Waals surface area contributed by atoms with Gasteiger partial charge in [-0.05, 0) is 32.0 Å². The Morgan fingerprint density at radius 1 is 1.41 bits per heavy atom. The standard InChI is InChI=1S/C16H18N4O2/c1-9-7-15(22)18-13-5-3-4-12(16(13)17-9)14(21)8-11-6-10(2)19-20-11/h3-6,9,17H,7-8H2,1-2H3,(H,18,22)(H,19,20). The summed E-state index contributed by atoms with van der Waals surface area (Å²) in [6.07, 6.45) is 0.603. The van der Waals surface area contributed by atoms with Gasteiger partial charge >= 0.3 is 0 Å². The van der Waals surface area contributed by atoms with Gasteiger partial charge in [-0.1, -0.05) is 6.07 Å². The number of ketones is 1. The zero-order valence-corrected chi connectivity index (χ0v) is 12.6. The number of hydrogen-bond donors (Lipinski definition) is 3. The highest BCUT2D eigenvalue weighted by atomic mass is 16.1. The first-order valence-electron chi connectivity index (χ1n) is 7.26. The Morgan fingerprint density at radius 2 is 2.23 bits per heavy atom. The van der Waals surface area contributed by atoms with Crippen molar-refractivity contribution in [1.29, 1.82) is 0 Å². The van der Waals surface area contributed by atoms with Crippen molar-refractivity contribution in [2.45, 2.75) is 32.7 Å². The summed E-state index contributed by atoms with van der Waals surface area (Å²) in [6.45, 7) is 3.82. The maximum atomic E-state index is 12.6. The fraction of sp³-hybridized carbons (Fsp3) is 0.312. The number of aromatic amines is 1. The third-order valence-electron chi connectivity index (χ3n) is 3.62. The van der Waals surface area contributed by atoms with Crippen molar-refractivity contribution in [3.8, 4) is 0 Å². The largest absolute Gasteiger partial charge is 0.380 e. The summed E-state index contributed by atoms with van der Waals surface area (Å²) in [5.74, 6) is -0.0783. The topological polar surface area (TPSA) is 86.9 Å². The molecule has 1 unspecified atom stereocenters. The summed E-state index contributed by atoms with van der Waals surface area (Å²) in [6, 6.07) is 7.19. The second-order valence-corrected chi connectivity index (χ2v) is 5.67. The van der Waals surface area contributed by atoms with E-state index in [2.05, 4.69) is 20.8 Å². The van der Waals surface area contributed by atoms with Gasteiger partial charge in [-0.2, -0.15) is 5.10 Å². The molecule has 0 saturated carbocycles. The fourth-order valence-corrected chi connectivity index (χ4v) is 2.65. The highest BCUT2D eigenvalue weighted by Crippen LogP contribution is 2.30. The Bertz CT molecular complexity index is 735. The highest BCUT2D eigenvalue weighted by molar-refractivity contribution is 6.07. The van der Waals surface area contributed by atoms with Crippen LogP contribution in [0.25, 0.3) is 0 Å². The van der Waals surface area contributed by atoms with Crippen LogP contribution in [0, 0.1) is 6.92 Å². The van der Waals surface area contributed by atoms with E-state index in [0.29, 0.717) is 29.1 Å². The Balaban J connectivity index is 1.92. The lowest BCUT2D eigenvalue weighted by Crippen LogP contribution is -2.19. The second-order valence-electron chi connectivity index (χ2n) is 5.67. The molecule has 1 atom stereocenters. The molecule has 1 aliphatic rings. The summed E-state index contributed by atoms with van der Waals surface area (Å²) in [5, 5.41) is 13.0. The number of nitrogens with zero attached hydrogens (tertiary/aromatic N) is 1. The maximum absolute atomic E-state index is 12.6. The molecule has 3 rings (SSSR count). The van der Waals surface area contributed by atoms with Crippen LogP contribution in [0.2, 0.25) is 0 Å². The summed E-state index contributed by atoms with van der Waals surface area (Å²) < 4.78 is 0. The number of H-pyrrole nitrogens is 1. The normalized spacial score (nSPS) is 17.2. The van der Waals surface area contributed by atoms with Crippen molar-refractivity contribution in [1.82, 2.24) is 10.2 Å². The minimum Gasteiger partial charge on any atom is -0.380 e. The molecule has 2 aromatic rings. The van der Waals surface area contributed by atoms with Gasteiger partial charge in [0.25, 0.3) is 0 Å². The van der Waals surface area contributed by atoms with Crippen LogP contribution in [0.4, 0.5) is 11.4 Å². The Morgan fingerprint density at radius 3 is 2.95 bits per heavy atom. The number of aromatic nitrogens is 2. The van der Waals surface area contributed by atoms with E-state index in [1.165, 1.54) is 0 Å². The van der Waals surface area contributed by atoms with Crippen molar-refractivity contribution in [3.05, 3.63) is 41.2 Å². The fourth-order valence-electron chi connectivity index (χ4n) is 2.65. The number of anilines is 2. The first kappa shape index (κ1) is 14.3. The smallest absolute Gasteiger partial charge is 0.226 e. The molecule has 1 aromatic carbocycles. The van der Waals surface area contributed by atoms with Crippen LogP contribution in [0.1, 0.15) is 35.1 Å². The molecule has 1 amide bonds. The van der Waals surface area contributed by atoms with Gasteiger partial charge in [0, 0.05) is 23.7 Å². The summed E-state index contributed by atoms with van der Waals surface area (Å²) in [7, 11) is 0. The van der Waals surface area contributed by atoms with Crippen LogP contribution in [-0.2, 0) is 11.2 Å². The Hall–Kier alpha value is -2.63. The number of Topliss-reactive ketones (excluding diaryl/α,β-unsaturated/α-hetero) is 1. The number of carbonyl (C=O) groups is 2. The van der Waals surface area contributed by atoms with Crippen molar-refractivity contribution in [3.63, 3.8) is 0 Å². The number of amides is 1. The Kier molecular flexibility index (Phi) is 3.66. The molecule has 0 radical (unpaired) electrons. The number of hydrogen-bond acceptors (Lipinski definition) is 4. The van der Waals surface area contributed by atoms with E-state index in [1.54, 1.807) is 18.2 Å². The van der Waals surface area contributed by atoms with Crippen LogP contribution in [0.15, 0.2) is 24.3 Å². The summed E-state index contributed by atoms with van der Waals surface area (Å²) in [4.78, 5) is 24.4. The molecule has 3 N–H and O–H groups in total. The van der Waals surface area contributed by atoms with Gasteiger partial charge < -0.3 is 10.6 Å². The molecule has 2 heterocycles. The average Bonchev–Trinajstić information content (AvgIpc) is 2.78. The van der Waals surface area contributed by atoms with E-state index in [-0.39, 0.29) is 24.2 Å². The molecule has 1 aromatic heterocycles. The predicted molar refractivity (Wildman–Crippen MR) is 84.1 cm³/mol. The molecule has 0 fully saturated rings.